The van der Waals surface area contributed by atoms with Crippen molar-refractivity contribution in [1.29, 1.82) is 0 Å². The highest BCUT2D eigenvalue weighted by molar-refractivity contribution is 6.46. The molecule has 8 nitrogen and oxygen atoms in total. The van der Waals surface area contributed by atoms with Crippen molar-refractivity contribution in [2.75, 3.05) is 40.9 Å². The Kier molecular flexibility index (Phi) is 8.40. The number of benzene rings is 2. The van der Waals surface area contributed by atoms with Crippen molar-refractivity contribution in [3.63, 3.8) is 0 Å². The third kappa shape index (κ3) is 5.59. The Bertz CT molecular complexity index is 1120. The number of amides is 1. The number of carbonyl (C=O) groups is 2. The Morgan fingerprint density at radius 2 is 1.86 bits per heavy atom. The number of nitrogens with zero attached hydrogens (tertiary/aromatic N) is 2. The highest BCUT2D eigenvalue weighted by Gasteiger charge is 2.46. The number of aliphatic hydroxyl groups excluding tert-OH is 1. The van der Waals surface area contributed by atoms with Gasteiger partial charge in [-0.15, -0.1) is 0 Å². The molecule has 1 unspecified atom stereocenters. The summed E-state index contributed by atoms with van der Waals surface area (Å²) in [7, 11) is 5.18. The number of hydrogen-bond donors (Lipinski definition) is 2. The molecular formula is C27H34N2O6. The molecule has 0 radical (unpaired) electrons. The van der Waals surface area contributed by atoms with E-state index in [1.807, 2.05) is 25.9 Å². The largest absolute Gasteiger partial charge is 0.507 e. The molecule has 2 aromatic carbocycles. The first-order valence-electron chi connectivity index (χ1n) is 11.7. The third-order valence-corrected chi connectivity index (χ3v) is 6.05. The molecule has 2 N–H and O–H groups in total. The predicted molar refractivity (Wildman–Crippen MR) is 134 cm³/mol. The lowest BCUT2D eigenvalue weighted by Gasteiger charge is -2.27. The monoisotopic (exact) mass is 482 g/mol. The number of methoxy groups -OCH3 is 1. The summed E-state index contributed by atoms with van der Waals surface area (Å²) in [6.07, 6.45) is 1.96. The molecule has 0 bridgehead atoms. The summed E-state index contributed by atoms with van der Waals surface area (Å²) < 4.78 is 11.0. The zero-order chi connectivity index (χ0) is 25.7. The van der Waals surface area contributed by atoms with Crippen LogP contribution in [0.2, 0.25) is 0 Å². The number of hydrogen-bond acceptors (Lipinski definition) is 7. The van der Waals surface area contributed by atoms with Gasteiger partial charge in [0.1, 0.15) is 11.5 Å². The smallest absolute Gasteiger partial charge is 0.295 e. The van der Waals surface area contributed by atoms with Crippen molar-refractivity contribution in [1.82, 2.24) is 9.80 Å². The van der Waals surface area contributed by atoms with Gasteiger partial charge in [0.2, 0.25) is 0 Å². The summed E-state index contributed by atoms with van der Waals surface area (Å²) in [5.41, 5.74) is 1.79. The van der Waals surface area contributed by atoms with E-state index in [0.717, 1.165) is 18.4 Å². The van der Waals surface area contributed by atoms with E-state index >= 15 is 0 Å². The summed E-state index contributed by atoms with van der Waals surface area (Å²) in [6.45, 7) is 5.37. The van der Waals surface area contributed by atoms with Crippen LogP contribution in [0.5, 0.6) is 17.2 Å². The number of likely N-dealkylation sites (N-methyl/N-ethyl adjacent to an activating group) is 1. The van der Waals surface area contributed by atoms with Gasteiger partial charge >= 0.3 is 0 Å². The van der Waals surface area contributed by atoms with Crippen LogP contribution in [0.15, 0.2) is 42.0 Å². The number of Topliss-reactive ketones (excluding diaryl/α,β-unsaturated/α-hetero) is 1. The number of ether oxygens (including phenoxy) is 2. The molecular weight excluding hydrogens is 448 g/mol. The van der Waals surface area contributed by atoms with Gasteiger partial charge in [0.05, 0.1) is 25.3 Å². The molecule has 1 saturated heterocycles. The number of aromatic hydroxyl groups is 1. The van der Waals surface area contributed by atoms with Crippen LogP contribution in [-0.4, -0.2) is 72.6 Å². The maximum absolute atomic E-state index is 13.2. The van der Waals surface area contributed by atoms with Gasteiger partial charge in [0, 0.05) is 18.7 Å². The number of rotatable bonds is 10. The summed E-state index contributed by atoms with van der Waals surface area (Å²) in [5.74, 6) is -0.820. The first-order valence-corrected chi connectivity index (χ1v) is 11.7. The molecule has 0 aromatic heterocycles. The second kappa shape index (κ2) is 11.3. The zero-order valence-corrected chi connectivity index (χ0v) is 21.0. The average Bonchev–Trinajstić information content (AvgIpc) is 3.08. The van der Waals surface area contributed by atoms with Crippen molar-refractivity contribution in [3.8, 4) is 17.2 Å². The van der Waals surface area contributed by atoms with Gasteiger partial charge in [-0.3, -0.25) is 9.59 Å². The molecule has 0 spiro atoms. The van der Waals surface area contributed by atoms with Crippen molar-refractivity contribution < 1.29 is 29.3 Å². The van der Waals surface area contributed by atoms with Gasteiger partial charge in [0.15, 0.2) is 11.5 Å². The minimum Gasteiger partial charge on any atom is -0.507 e. The van der Waals surface area contributed by atoms with Gasteiger partial charge in [-0.2, -0.15) is 0 Å². The molecule has 1 atom stereocenters. The van der Waals surface area contributed by atoms with Crippen molar-refractivity contribution in [3.05, 3.63) is 58.7 Å². The number of unbranched alkanes of at least 4 members (excludes halogenated alkanes) is 1. The van der Waals surface area contributed by atoms with Crippen LogP contribution in [0.1, 0.15) is 42.5 Å². The first kappa shape index (κ1) is 26.1. The minimum atomic E-state index is -0.828. The Labute approximate surface area is 206 Å². The van der Waals surface area contributed by atoms with E-state index in [-0.39, 0.29) is 29.4 Å². The van der Waals surface area contributed by atoms with Gasteiger partial charge in [0.25, 0.3) is 11.7 Å². The van der Waals surface area contributed by atoms with E-state index in [1.54, 1.807) is 30.3 Å². The van der Waals surface area contributed by atoms with Gasteiger partial charge in [-0.1, -0.05) is 19.4 Å². The number of aryl methyl sites for hydroxylation is 1. The Morgan fingerprint density at radius 3 is 2.49 bits per heavy atom. The molecule has 1 aliphatic rings. The van der Waals surface area contributed by atoms with E-state index in [9.17, 15) is 19.8 Å². The second-order valence-corrected chi connectivity index (χ2v) is 8.91. The lowest BCUT2D eigenvalue weighted by atomic mass is 9.94. The number of phenols is 1. The zero-order valence-electron chi connectivity index (χ0n) is 21.0. The topological polar surface area (TPSA) is 99.5 Å². The molecule has 1 aliphatic heterocycles. The molecule has 0 saturated carbocycles. The SMILES string of the molecule is CCCCOc1ccc(/C(O)=C2/C(=O)C(=O)N(CCN(C)C)C2c2ccc(O)c(OC)c2)cc1C. The fourth-order valence-corrected chi connectivity index (χ4v) is 4.07. The lowest BCUT2D eigenvalue weighted by Crippen LogP contribution is -2.35. The summed E-state index contributed by atoms with van der Waals surface area (Å²) >= 11 is 0. The summed E-state index contributed by atoms with van der Waals surface area (Å²) in [4.78, 5) is 29.6. The molecule has 3 rings (SSSR count). The van der Waals surface area contributed by atoms with Crippen LogP contribution in [0, 0.1) is 6.92 Å². The van der Waals surface area contributed by atoms with Crippen molar-refractivity contribution in [2.45, 2.75) is 32.7 Å². The fraction of sp³-hybridized carbons (Fsp3) is 0.407. The maximum atomic E-state index is 13.2. The highest BCUT2D eigenvalue weighted by Crippen LogP contribution is 2.42. The van der Waals surface area contributed by atoms with E-state index in [0.29, 0.717) is 30.0 Å². The summed E-state index contributed by atoms with van der Waals surface area (Å²) in [6, 6.07) is 9.03. The van der Waals surface area contributed by atoms with Crippen molar-refractivity contribution >= 4 is 17.4 Å². The van der Waals surface area contributed by atoms with Gasteiger partial charge < -0.3 is 29.5 Å². The Balaban J connectivity index is 2.10. The second-order valence-electron chi connectivity index (χ2n) is 8.91. The Morgan fingerprint density at radius 1 is 1.11 bits per heavy atom. The quantitative estimate of drug-likeness (QED) is 0.230. The molecule has 35 heavy (non-hydrogen) atoms. The van der Waals surface area contributed by atoms with Crippen LogP contribution in [0.25, 0.3) is 5.76 Å². The molecule has 0 aliphatic carbocycles. The number of likely N-dealkylation sites (tertiary alicyclic amines) is 1. The number of ketones is 1. The number of phenolic OH excluding ortho intramolecular Hbond substituents is 1. The Hall–Kier alpha value is -3.52. The van der Waals surface area contributed by atoms with E-state index in [1.165, 1.54) is 18.1 Å². The van der Waals surface area contributed by atoms with E-state index < -0.39 is 17.7 Å². The lowest BCUT2D eigenvalue weighted by molar-refractivity contribution is -0.140. The van der Waals surface area contributed by atoms with Gasteiger partial charge in [-0.25, -0.2) is 0 Å². The van der Waals surface area contributed by atoms with Crippen molar-refractivity contribution in [2.24, 2.45) is 0 Å². The average molecular weight is 483 g/mol. The van der Waals surface area contributed by atoms with Crippen LogP contribution in [0.3, 0.4) is 0 Å². The van der Waals surface area contributed by atoms with E-state index in [2.05, 4.69) is 6.92 Å². The molecule has 1 heterocycles. The molecule has 2 aromatic rings. The normalized spacial score (nSPS) is 17.3. The van der Waals surface area contributed by atoms with Crippen LogP contribution in [0.4, 0.5) is 0 Å². The van der Waals surface area contributed by atoms with E-state index in [4.69, 9.17) is 9.47 Å². The summed E-state index contributed by atoms with van der Waals surface area (Å²) in [5, 5.41) is 21.4. The molecule has 8 heteroatoms. The van der Waals surface area contributed by atoms with Crippen LogP contribution < -0.4 is 9.47 Å². The number of carbonyl (C=O) groups excluding carboxylic acids is 2. The molecule has 1 amide bonds. The third-order valence-electron chi connectivity index (χ3n) is 6.05. The minimum absolute atomic E-state index is 0.000510. The van der Waals surface area contributed by atoms with Gasteiger partial charge in [-0.05, 0) is 68.9 Å². The standard InChI is InChI=1S/C27H34N2O6/c1-6-7-14-35-21-11-9-19(15-17(21)2)25(31)23-24(18-8-10-20(30)22(16-18)34-5)29(13-12-28(3)4)27(33)26(23)32/h8-11,15-16,24,30-31H,6-7,12-14H2,1-5H3/b25-23-. The first-order chi connectivity index (χ1) is 16.7. The fourth-order valence-electron chi connectivity index (χ4n) is 4.07. The molecule has 188 valence electrons. The maximum Gasteiger partial charge on any atom is 0.295 e. The predicted octanol–water partition coefficient (Wildman–Crippen LogP) is 3.87. The number of aliphatic hydroxyl groups is 1. The van der Waals surface area contributed by atoms with Crippen LogP contribution in [-0.2, 0) is 9.59 Å². The highest BCUT2D eigenvalue weighted by atomic mass is 16.5. The van der Waals surface area contributed by atoms with Crippen LogP contribution >= 0.6 is 0 Å². The molecule has 1 fully saturated rings.